The molecule has 0 atom stereocenters. The average Bonchev–Trinajstić information content (AvgIpc) is 4.21. The maximum Gasteiger partial charge on any atom is 0.416 e. The van der Waals surface area contributed by atoms with Crippen molar-refractivity contribution in [2.45, 2.75) is 6.18 Å². The predicted octanol–water partition coefficient (Wildman–Crippen LogP) is 17.6. The van der Waals surface area contributed by atoms with Crippen molar-refractivity contribution in [2.75, 3.05) is 0 Å². The first-order chi connectivity index (χ1) is 36.3. The first-order valence-electron chi connectivity index (χ1n) is 24.2. The maximum atomic E-state index is 15.3. The molecule has 0 bridgehead atoms. The minimum atomic E-state index is -4.67. The fourth-order valence-electron chi connectivity index (χ4n) is 11.1. The fourth-order valence-corrected chi connectivity index (χ4v) is 11.1. The van der Waals surface area contributed by atoms with Gasteiger partial charge in [0.15, 0.2) is 17.5 Å². The topological polar surface area (TPSA) is 74.8 Å². The lowest BCUT2D eigenvalue weighted by atomic mass is 9.96. The molecule has 10 aromatic carbocycles. The van der Waals surface area contributed by atoms with Crippen LogP contribution < -0.4 is 0 Å². The van der Waals surface area contributed by atoms with Gasteiger partial charge < -0.3 is 18.0 Å². The molecule has 0 radical (unpaired) electrons. The van der Waals surface area contributed by atoms with Gasteiger partial charge >= 0.3 is 6.18 Å². The molecule has 350 valence electrons. The van der Waals surface area contributed by atoms with Crippen LogP contribution in [0, 0.1) is 0 Å². The smallest absolute Gasteiger partial charge is 0.416 e. The molecule has 15 aromatic rings. The van der Waals surface area contributed by atoms with Gasteiger partial charge in [-0.3, -0.25) is 0 Å². The highest BCUT2D eigenvalue weighted by atomic mass is 19.4. The summed E-state index contributed by atoms with van der Waals surface area (Å²) in [6.45, 7) is 0. The highest BCUT2D eigenvalue weighted by molar-refractivity contribution is 6.25. The van der Waals surface area contributed by atoms with Crippen molar-refractivity contribution in [3.05, 3.63) is 224 Å². The average molecular weight is 964 g/mol. The lowest BCUT2D eigenvalue weighted by Crippen LogP contribution is -2.08. The minimum Gasteiger partial charge on any atom is -0.455 e. The van der Waals surface area contributed by atoms with E-state index in [1.807, 2.05) is 174 Å². The van der Waals surface area contributed by atoms with E-state index in [1.165, 1.54) is 12.1 Å². The Balaban J connectivity index is 1.07. The number of fused-ring (bicyclic) bond motifs is 14. The van der Waals surface area contributed by atoms with E-state index in [4.69, 9.17) is 23.8 Å². The van der Waals surface area contributed by atoms with Gasteiger partial charge in [0.1, 0.15) is 22.3 Å². The second kappa shape index (κ2) is 15.9. The Morgan fingerprint density at radius 3 is 1.32 bits per heavy atom. The van der Waals surface area contributed by atoms with Crippen LogP contribution in [0.5, 0.6) is 0 Å². The lowest BCUT2D eigenvalue weighted by molar-refractivity contribution is -0.137. The molecule has 0 aliphatic carbocycles. The van der Waals surface area contributed by atoms with Crippen LogP contribution in [0.15, 0.2) is 227 Å². The summed E-state index contributed by atoms with van der Waals surface area (Å²) in [7, 11) is 0. The lowest BCUT2D eigenvalue weighted by Gasteiger charge is -2.21. The molecule has 0 fully saturated rings. The van der Waals surface area contributed by atoms with Gasteiger partial charge in [0.2, 0.25) is 0 Å². The van der Waals surface area contributed by atoms with Crippen molar-refractivity contribution < 1.29 is 22.0 Å². The SMILES string of the molecule is FC(F)(F)c1ccc(-c2cc(-c3nc(-c4ccccc4)nc(-c4ccccc4)n3)ccc2-n2c3ccccc3c3c4oc5ccccc5c4ccc32)c(-n2c3ccccc3c3c4oc5ccccc5c4ccc32)c1. The number of hydrogen-bond donors (Lipinski definition) is 0. The summed E-state index contributed by atoms with van der Waals surface area (Å²) in [5, 5.41) is 7.40. The number of furan rings is 2. The summed E-state index contributed by atoms with van der Waals surface area (Å²) in [5.41, 5.74) is 9.77. The van der Waals surface area contributed by atoms with E-state index < -0.39 is 11.7 Å². The van der Waals surface area contributed by atoms with Gasteiger partial charge in [-0.25, -0.2) is 15.0 Å². The van der Waals surface area contributed by atoms with Crippen molar-refractivity contribution in [2.24, 2.45) is 0 Å². The number of para-hydroxylation sites is 4. The molecule has 0 unspecified atom stereocenters. The van der Waals surface area contributed by atoms with Crippen LogP contribution in [0.25, 0.3) is 144 Å². The number of rotatable bonds is 6. The summed E-state index contributed by atoms with van der Waals surface area (Å²) in [4.78, 5) is 15.2. The van der Waals surface area contributed by atoms with Gasteiger partial charge in [0.05, 0.1) is 49.8 Å². The molecule has 5 aromatic heterocycles. The van der Waals surface area contributed by atoms with E-state index in [1.54, 1.807) is 6.07 Å². The van der Waals surface area contributed by atoms with E-state index in [2.05, 4.69) is 34.9 Å². The number of benzene rings is 10. The van der Waals surface area contributed by atoms with Crippen LogP contribution >= 0.6 is 0 Å². The molecular formula is C64H36F3N5O2. The predicted molar refractivity (Wildman–Crippen MR) is 290 cm³/mol. The summed E-state index contributed by atoms with van der Waals surface area (Å²) < 4.78 is 63.5. The first-order valence-corrected chi connectivity index (χ1v) is 24.2. The van der Waals surface area contributed by atoms with Crippen LogP contribution in [0.2, 0.25) is 0 Å². The monoisotopic (exact) mass is 963 g/mol. The molecule has 0 aliphatic heterocycles. The van der Waals surface area contributed by atoms with Crippen molar-refractivity contribution in [1.82, 2.24) is 24.1 Å². The normalized spacial score (nSPS) is 12.3. The van der Waals surface area contributed by atoms with Gasteiger partial charge in [0, 0.05) is 60.1 Å². The van der Waals surface area contributed by atoms with Gasteiger partial charge in [-0.15, -0.1) is 0 Å². The Morgan fingerprint density at radius 2 is 0.797 bits per heavy atom. The Labute approximate surface area is 418 Å². The molecular weight excluding hydrogens is 928 g/mol. The Morgan fingerprint density at radius 1 is 0.338 bits per heavy atom. The highest BCUT2D eigenvalue weighted by Gasteiger charge is 2.33. The minimum absolute atomic E-state index is 0.325. The Kier molecular flexibility index (Phi) is 8.98. The fraction of sp³-hybridized carbons (Fsp3) is 0.0156. The van der Waals surface area contributed by atoms with E-state index >= 15 is 13.2 Å². The quantitative estimate of drug-likeness (QED) is 0.166. The maximum absolute atomic E-state index is 15.3. The highest BCUT2D eigenvalue weighted by Crippen LogP contribution is 2.47. The van der Waals surface area contributed by atoms with Gasteiger partial charge in [-0.1, -0.05) is 140 Å². The van der Waals surface area contributed by atoms with Crippen molar-refractivity contribution >= 4 is 87.5 Å². The zero-order valence-corrected chi connectivity index (χ0v) is 39.0. The Bertz CT molecular complexity index is 4720. The number of alkyl halides is 3. The van der Waals surface area contributed by atoms with Crippen molar-refractivity contribution in [1.29, 1.82) is 0 Å². The molecule has 0 saturated carbocycles. The molecule has 0 spiro atoms. The Hall–Kier alpha value is -9.80. The summed E-state index contributed by atoms with van der Waals surface area (Å²) in [5.74, 6) is 1.36. The summed E-state index contributed by atoms with van der Waals surface area (Å²) in [6, 6.07) is 69.7. The van der Waals surface area contributed by atoms with Crippen LogP contribution in [0.1, 0.15) is 5.56 Å². The van der Waals surface area contributed by atoms with Gasteiger partial charge in [-0.05, 0) is 78.9 Å². The number of hydrogen-bond acceptors (Lipinski definition) is 5. The van der Waals surface area contributed by atoms with Crippen LogP contribution in [0.3, 0.4) is 0 Å². The van der Waals surface area contributed by atoms with Gasteiger partial charge in [-0.2, -0.15) is 13.2 Å². The molecule has 0 aliphatic rings. The molecule has 5 heterocycles. The van der Waals surface area contributed by atoms with E-state index in [0.717, 1.165) is 93.2 Å². The number of aromatic nitrogens is 5. The number of nitrogens with zero attached hydrogens (tertiary/aromatic N) is 5. The van der Waals surface area contributed by atoms with Crippen LogP contribution in [0.4, 0.5) is 13.2 Å². The largest absolute Gasteiger partial charge is 0.455 e. The zero-order chi connectivity index (χ0) is 49.2. The summed E-state index contributed by atoms with van der Waals surface area (Å²) in [6.07, 6.45) is -4.67. The van der Waals surface area contributed by atoms with Gasteiger partial charge in [0.25, 0.3) is 0 Å². The third kappa shape index (κ3) is 6.31. The first kappa shape index (κ1) is 41.9. The van der Waals surface area contributed by atoms with E-state index in [0.29, 0.717) is 51.0 Å². The molecule has 0 amide bonds. The zero-order valence-electron chi connectivity index (χ0n) is 39.0. The number of halogens is 3. The third-order valence-electron chi connectivity index (χ3n) is 14.4. The molecule has 10 heteroatoms. The molecule has 15 rings (SSSR count). The van der Waals surface area contributed by atoms with Crippen LogP contribution in [-0.4, -0.2) is 24.1 Å². The van der Waals surface area contributed by atoms with E-state index in [9.17, 15) is 0 Å². The van der Waals surface area contributed by atoms with Crippen molar-refractivity contribution in [3.8, 4) is 56.7 Å². The molecule has 74 heavy (non-hydrogen) atoms. The third-order valence-corrected chi connectivity index (χ3v) is 14.4. The standard InChI is InChI=1S/C64H36F3N5O2/c65-64(66,67)40-28-29-41(54(36-40)72-50-24-12-8-22-47(50)58-53(72)34-31-45-43-20-10-14-26-56(43)74-60(45)58)48-35-39(63-69-61(37-15-3-1-4-16-37)68-62(70-63)38-17-5-2-6-18-38)27-32-51(48)71-49-23-11-7-21-46(49)57-52(71)33-30-44-42-19-9-13-25-55(42)73-59(44)57/h1-36H. The summed E-state index contributed by atoms with van der Waals surface area (Å²) >= 11 is 0. The second-order valence-electron chi connectivity index (χ2n) is 18.6. The van der Waals surface area contributed by atoms with Crippen molar-refractivity contribution in [3.63, 3.8) is 0 Å². The second-order valence-corrected chi connectivity index (χ2v) is 18.6. The van der Waals surface area contributed by atoms with E-state index in [-0.39, 0.29) is 0 Å². The molecule has 0 N–H and O–H groups in total. The van der Waals surface area contributed by atoms with Crippen LogP contribution in [-0.2, 0) is 6.18 Å². The molecule has 7 nitrogen and oxygen atoms in total. The molecule has 0 saturated heterocycles.